The van der Waals surface area contributed by atoms with Crippen molar-refractivity contribution in [1.82, 2.24) is 19.9 Å². The Morgan fingerprint density at radius 1 is 1.12 bits per heavy atom. The Labute approximate surface area is 153 Å². The molecule has 2 aromatic heterocycles. The topological polar surface area (TPSA) is 52.0 Å². The highest BCUT2D eigenvalue weighted by molar-refractivity contribution is 5.76. The molecule has 1 N–H and O–H groups in total. The number of fused-ring (bicyclic) bond motifs is 1. The maximum Gasteiger partial charge on any atom is 0.138 e. The third-order valence-electron chi connectivity index (χ3n) is 5.79. The molecule has 2 aliphatic rings. The van der Waals surface area contributed by atoms with Gasteiger partial charge >= 0.3 is 0 Å². The number of nitrogens with one attached hydrogen (secondary N) is 1. The lowest BCUT2D eigenvalue weighted by Crippen LogP contribution is -2.41. The number of aromatic nitrogens is 3. The Bertz CT molecular complexity index is 913. The second-order valence-corrected chi connectivity index (χ2v) is 7.61. The first-order chi connectivity index (χ1) is 12.8. The summed E-state index contributed by atoms with van der Waals surface area (Å²) in [6, 6.07) is 14.5. The SMILES string of the molecule is c1cc(CC2COC3(CCNCC3)C2)nc(-n2cnc3ccccc32)c1. The van der Waals surface area contributed by atoms with Gasteiger partial charge in [-0.1, -0.05) is 18.2 Å². The van der Waals surface area contributed by atoms with Gasteiger partial charge < -0.3 is 10.1 Å². The highest BCUT2D eigenvalue weighted by Gasteiger charge is 2.41. The number of hydrogen-bond acceptors (Lipinski definition) is 4. The zero-order valence-corrected chi connectivity index (χ0v) is 14.9. The van der Waals surface area contributed by atoms with Gasteiger partial charge in [0.05, 0.1) is 23.2 Å². The standard InChI is InChI=1S/C21H24N4O/c1-2-6-19-18(5-1)23-15-25(19)20-7-3-4-17(24-20)12-16-13-21(26-14-16)8-10-22-11-9-21/h1-7,15-16,22H,8-14H2. The summed E-state index contributed by atoms with van der Waals surface area (Å²) in [6.45, 7) is 3.02. The maximum atomic E-state index is 6.24. The first-order valence-electron chi connectivity index (χ1n) is 9.54. The number of imidazole rings is 1. The summed E-state index contributed by atoms with van der Waals surface area (Å²) in [5, 5.41) is 3.44. The van der Waals surface area contributed by atoms with Gasteiger partial charge in [-0.05, 0) is 69.0 Å². The summed E-state index contributed by atoms with van der Waals surface area (Å²) in [6.07, 6.45) is 6.28. The van der Waals surface area contributed by atoms with E-state index >= 15 is 0 Å². The van der Waals surface area contributed by atoms with Crippen LogP contribution in [0.15, 0.2) is 48.8 Å². The normalized spacial score (nSPS) is 22.2. The second-order valence-electron chi connectivity index (χ2n) is 7.61. The number of pyridine rings is 1. The lowest BCUT2D eigenvalue weighted by molar-refractivity contribution is -0.0196. The summed E-state index contributed by atoms with van der Waals surface area (Å²) >= 11 is 0. The van der Waals surface area contributed by atoms with Crippen LogP contribution in [0, 0.1) is 5.92 Å². The predicted molar refractivity (Wildman–Crippen MR) is 101 cm³/mol. The molecule has 5 rings (SSSR count). The van der Waals surface area contributed by atoms with E-state index in [1.807, 2.05) is 24.5 Å². The van der Waals surface area contributed by atoms with Crippen molar-refractivity contribution in [2.75, 3.05) is 19.7 Å². The number of piperidine rings is 1. The molecule has 5 heteroatoms. The number of benzene rings is 1. The fourth-order valence-electron chi connectivity index (χ4n) is 4.45. The predicted octanol–water partition coefficient (Wildman–Crippen LogP) is 3.12. The van der Waals surface area contributed by atoms with Crippen LogP contribution >= 0.6 is 0 Å². The third kappa shape index (κ3) is 2.91. The van der Waals surface area contributed by atoms with Crippen molar-refractivity contribution in [1.29, 1.82) is 0 Å². The summed E-state index contributed by atoms with van der Waals surface area (Å²) in [4.78, 5) is 9.40. The van der Waals surface area contributed by atoms with Gasteiger partial charge in [-0.2, -0.15) is 0 Å². The number of rotatable bonds is 3. The Hall–Kier alpha value is -2.24. The number of ether oxygens (including phenoxy) is 1. The van der Waals surface area contributed by atoms with Crippen molar-refractivity contribution in [2.24, 2.45) is 5.92 Å². The quantitative estimate of drug-likeness (QED) is 0.790. The zero-order chi connectivity index (χ0) is 17.4. The van der Waals surface area contributed by atoms with Crippen LogP contribution < -0.4 is 5.32 Å². The van der Waals surface area contributed by atoms with E-state index in [0.29, 0.717) is 5.92 Å². The zero-order valence-electron chi connectivity index (χ0n) is 14.9. The van der Waals surface area contributed by atoms with Crippen molar-refractivity contribution in [3.8, 4) is 5.82 Å². The summed E-state index contributed by atoms with van der Waals surface area (Å²) in [7, 11) is 0. The molecule has 0 bridgehead atoms. The van der Waals surface area contributed by atoms with E-state index in [2.05, 4.69) is 39.1 Å². The van der Waals surface area contributed by atoms with E-state index in [0.717, 1.165) is 67.9 Å². The summed E-state index contributed by atoms with van der Waals surface area (Å²) in [5.41, 5.74) is 3.35. The molecule has 134 valence electrons. The molecule has 0 amide bonds. The average molecular weight is 348 g/mol. The molecule has 0 saturated carbocycles. The van der Waals surface area contributed by atoms with Crippen LogP contribution in [-0.2, 0) is 11.2 Å². The third-order valence-corrected chi connectivity index (χ3v) is 5.79. The number of para-hydroxylation sites is 2. The molecule has 1 aromatic carbocycles. The lowest BCUT2D eigenvalue weighted by Gasteiger charge is -2.33. The van der Waals surface area contributed by atoms with Crippen LogP contribution in [0.3, 0.4) is 0 Å². The van der Waals surface area contributed by atoms with E-state index in [4.69, 9.17) is 9.72 Å². The van der Waals surface area contributed by atoms with Gasteiger partial charge in [0.2, 0.25) is 0 Å². The van der Waals surface area contributed by atoms with Gasteiger partial charge in [0.15, 0.2) is 0 Å². The van der Waals surface area contributed by atoms with Gasteiger partial charge in [0, 0.05) is 5.69 Å². The first-order valence-corrected chi connectivity index (χ1v) is 9.54. The largest absolute Gasteiger partial charge is 0.375 e. The van der Waals surface area contributed by atoms with E-state index in [9.17, 15) is 0 Å². The molecule has 2 aliphatic heterocycles. The van der Waals surface area contributed by atoms with E-state index in [1.54, 1.807) is 0 Å². The van der Waals surface area contributed by atoms with Crippen LogP contribution in [0.25, 0.3) is 16.9 Å². The minimum absolute atomic E-state index is 0.119. The Balaban J connectivity index is 1.36. The average Bonchev–Trinajstić information content (AvgIpc) is 3.27. The van der Waals surface area contributed by atoms with Crippen LogP contribution in [0.5, 0.6) is 0 Å². The molecular weight excluding hydrogens is 324 g/mol. The highest BCUT2D eigenvalue weighted by atomic mass is 16.5. The molecule has 0 radical (unpaired) electrons. The number of nitrogens with zero attached hydrogens (tertiary/aromatic N) is 3. The van der Waals surface area contributed by atoms with Gasteiger partial charge in [-0.3, -0.25) is 4.57 Å². The lowest BCUT2D eigenvalue weighted by atomic mass is 9.85. The molecule has 26 heavy (non-hydrogen) atoms. The van der Waals surface area contributed by atoms with Crippen LogP contribution in [0.4, 0.5) is 0 Å². The molecule has 2 saturated heterocycles. The van der Waals surface area contributed by atoms with Gasteiger partial charge in [0.1, 0.15) is 12.1 Å². The van der Waals surface area contributed by atoms with Crippen molar-refractivity contribution in [3.05, 3.63) is 54.5 Å². The van der Waals surface area contributed by atoms with Gasteiger partial charge in [-0.15, -0.1) is 0 Å². The fourth-order valence-corrected chi connectivity index (χ4v) is 4.45. The monoisotopic (exact) mass is 348 g/mol. The summed E-state index contributed by atoms with van der Waals surface area (Å²) < 4.78 is 8.31. The van der Waals surface area contributed by atoms with Crippen LogP contribution in [0.2, 0.25) is 0 Å². The van der Waals surface area contributed by atoms with E-state index < -0.39 is 0 Å². The Morgan fingerprint density at radius 3 is 2.92 bits per heavy atom. The second kappa shape index (κ2) is 6.49. The van der Waals surface area contributed by atoms with E-state index in [1.165, 1.54) is 0 Å². The maximum absolute atomic E-state index is 6.24. The van der Waals surface area contributed by atoms with Gasteiger partial charge in [0.25, 0.3) is 0 Å². The highest BCUT2D eigenvalue weighted by Crippen LogP contribution is 2.38. The molecule has 1 spiro atoms. The van der Waals surface area contributed by atoms with Crippen molar-refractivity contribution < 1.29 is 4.74 Å². The minimum Gasteiger partial charge on any atom is -0.375 e. The van der Waals surface area contributed by atoms with Crippen molar-refractivity contribution in [2.45, 2.75) is 31.3 Å². The molecule has 5 nitrogen and oxygen atoms in total. The van der Waals surface area contributed by atoms with Crippen molar-refractivity contribution >= 4 is 11.0 Å². The molecular formula is C21H24N4O. The smallest absolute Gasteiger partial charge is 0.138 e. The molecule has 0 aliphatic carbocycles. The van der Waals surface area contributed by atoms with Crippen LogP contribution in [-0.4, -0.2) is 39.8 Å². The first kappa shape index (κ1) is 16.0. The van der Waals surface area contributed by atoms with Crippen molar-refractivity contribution in [3.63, 3.8) is 0 Å². The fraction of sp³-hybridized carbons (Fsp3) is 0.429. The molecule has 1 unspecified atom stereocenters. The molecule has 2 fully saturated rings. The van der Waals surface area contributed by atoms with Gasteiger partial charge in [-0.25, -0.2) is 9.97 Å². The molecule has 4 heterocycles. The Morgan fingerprint density at radius 2 is 2.00 bits per heavy atom. The molecule has 1 atom stereocenters. The Kier molecular flexibility index (Phi) is 3.98. The van der Waals surface area contributed by atoms with E-state index in [-0.39, 0.29) is 5.60 Å². The summed E-state index contributed by atoms with van der Waals surface area (Å²) in [5.74, 6) is 1.50. The van der Waals surface area contributed by atoms with Crippen LogP contribution in [0.1, 0.15) is 25.0 Å². The number of hydrogen-bond donors (Lipinski definition) is 1. The molecule has 3 aromatic rings. The minimum atomic E-state index is 0.119.